The van der Waals surface area contributed by atoms with Crippen molar-refractivity contribution in [3.05, 3.63) is 52.6 Å². The highest BCUT2D eigenvalue weighted by atomic mass is 16.7. The Morgan fingerprint density at radius 3 is 2.42 bits per heavy atom. The Kier molecular flexibility index (Phi) is 4.97. The van der Waals surface area contributed by atoms with Crippen LogP contribution in [0.1, 0.15) is 27.0 Å². The Morgan fingerprint density at radius 1 is 1.00 bits per heavy atom. The molecule has 1 aliphatic rings. The molecular formula is C19H20N2O5. The summed E-state index contributed by atoms with van der Waals surface area (Å²) in [6.45, 7) is 5.78. The summed E-state index contributed by atoms with van der Waals surface area (Å²) < 4.78 is 16.0. The second kappa shape index (κ2) is 7.35. The van der Waals surface area contributed by atoms with Crippen LogP contribution in [0.25, 0.3) is 0 Å². The predicted molar refractivity (Wildman–Crippen MR) is 94.3 cm³/mol. The van der Waals surface area contributed by atoms with Crippen molar-refractivity contribution < 1.29 is 23.8 Å². The number of amides is 2. The molecule has 1 heterocycles. The molecule has 0 bridgehead atoms. The Bertz CT molecular complexity index is 840. The number of hydrogen-bond donors (Lipinski definition) is 2. The second-order valence-corrected chi connectivity index (χ2v) is 6.09. The maximum Gasteiger partial charge on any atom is 0.276 e. The number of carbonyl (C=O) groups is 2. The number of aryl methyl sites for hydroxylation is 3. The van der Waals surface area contributed by atoms with Crippen LogP contribution in [0.15, 0.2) is 30.3 Å². The predicted octanol–water partition coefficient (Wildman–Crippen LogP) is 2.18. The van der Waals surface area contributed by atoms with E-state index in [0.29, 0.717) is 22.8 Å². The van der Waals surface area contributed by atoms with Crippen molar-refractivity contribution >= 4 is 11.8 Å². The van der Waals surface area contributed by atoms with E-state index in [-0.39, 0.29) is 13.4 Å². The third-order valence-corrected chi connectivity index (χ3v) is 3.90. The van der Waals surface area contributed by atoms with Crippen molar-refractivity contribution in [2.45, 2.75) is 20.8 Å². The number of hydrogen-bond acceptors (Lipinski definition) is 5. The van der Waals surface area contributed by atoms with Crippen molar-refractivity contribution in [3.8, 4) is 17.2 Å². The molecule has 136 valence electrons. The molecule has 0 spiro atoms. The van der Waals surface area contributed by atoms with E-state index in [0.717, 1.165) is 16.7 Å². The number of nitrogens with one attached hydrogen (secondary N) is 2. The van der Waals surface area contributed by atoms with Gasteiger partial charge in [-0.15, -0.1) is 0 Å². The fourth-order valence-electron chi connectivity index (χ4n) is 2.80. The van der Waals surface area contributed by atoms with Gasteiger partial charge < -0.3 is 14.2 Å². The van der Waals surface area contributed by atoms with Gasteiger partial charge in [-0.1, -0.05) is 17.7 Å². The Morgan fingerprint density at radius 2 is 1.69 bits per heavy atom. The van der Waals surface area contributed by atoms with Crippen LogP contribution in [0.4, 0.5) is 0 Å². The summed E-state index contributed by atoms with van der Waals surface area (Å²) in [5.41, 5.74) is 8.08. The minimum atomic E-state index is -0.460. The zero-order chi connectivity index (χ0) is 18.7. The Labute approximate surface area is 151 Å². The summed E-state index contributed by atoms with van der Waals surface area (Å²) in [5.74, 6) is 0.839. The molecule has 2 amide bonds. The number of ether oxygens (including phenoxy) is 3. The van der Waals surface area contributed by atoms with E-state index in [1.54, 1.807) is 18.2 Å². The van der Waals surface area contributed by atoms with Crippen molar-refractivity contribution in [2.75, 3.05) is 13.4 Å². The average Bonchev–Trinajstić information content (AvgIpc) is 3.06. The summed E-state index contributed by atoms with van der Waals surface area (Å²) >= 11 is 0. The molecule has 2 aromatic carbocycles. The number of hydrazine groups is 1. The van der Waals surface area contributed by atoms with Crippen LogP contribution < -0.4 is 25.1 Å². The quantitative estimate of drug-likeness (QED) is 0.820. The van der Waals surface area contributed by atoms with Crippen LogP contribution >= 0.6 is 0 Å². The number of fused-ring (bicyclic) bond motifs is 1. The highest BCUT2D eigenvalue weighted by Gasteiger charge is 2.16. The number of rotatable bonds is 4. The largest absolute Gasteiger partial charge is 0.483 e. The van der Waals surface area contributed by atoms with Crippen molar-refractivity contribution in [2.24, 2.45) is 0 Å². The SMILES string of the molecule is Cc1cc(C)c(OCC(=O)NNC(=O)c2ccc3c(c2)OCO3)c(C)c1. The highest BCUT2D eigenvalue weighted by molar-refractivity contribution is 5.96. The molecule has 0 aliphatic carbocycles. The Hall–Kier alpha value is -3.22. The van der Waals surface area contributed by atoms with Crippen LogP contribution in [-0.2, 0) is 4.79 Å². The zero-order valence-electron chi connectivity index (χ0n) is 14.8. The summed E-state index contributed by atoms with van der Waals surface area (Å²) in [4.78, 5) is 24.0. The van der Waals surface area contributed by atoms with Crippen molar-refractivity contribution in [1.29, 1.82) is 0 Å². The maximum absolute atomic E-state index is 12.1. The van der Waals surface area contributed by atoms with Gasteiger partial charge in [0, 0.05) is 5.56 Å². The first-order valence-corrected chi connectivity index (χ1v) is 8.13. The molecule has 26 heavy (non-hydrogen) atoms. The van der Waals surface area contributed by atoms with E-state index in [4.69, 9.17) is 14.2 Å². The second-order valence-electron chi connectivity index (χ2n) is 6.09. The topological polar surface area (TPSA) is 85.9 Å². The standard InChI is InChI=1S/C19H20N2O5/c1-11-6-12(2)18(13(3)7-11)24-9-17(22)20-21-19(23)14-4-5-15-16(8-14)26-10-25-15/h4-8H,9-10H2,1-3H3,(H,20,22)(H,21,23). The number of benzene rings is 2. The van der Waals surface area contributed by atoms with E-state index in [1.807, 2.05) is 32.9 Å². The van der Waals surface area contributed by atoms with Gasteiger partial charge in [-0.05, 0) is 50.1 Å². The molecular weight excluding hydrogens is 336 g/mol. The fourth-order valence-corrected chi connectivity index (χ4v) is 2.80. The van der Waals surface area contributed by atoms with E-state index >= 15 is 0 Å². The summed E-state index contributed by atoms with van der Waals surface area (Å²) in [7, 11) is 0. The minimum Gasteiger partial charge on any atom is -0.483 e. The van der Waals surface area contributed by atoms with Gasteiger partial charge in [0.05, 0.1) is 0 Å². The molecule has 7 heteroatoms. The Balaban J connectivity index is 1.52. The van der Waals surface area contributed by atoms with Crippen LogP contribution in [0.3, 0.4) is 0 Å². The van der Waals surface area contributed by atoms with E-state index in [1.165, 1.54) is 0 Å². The van der Waals surface area contributed by atoms with Gasteiger partial charge in [-0.25, -0.2) is 0 Å². The molecule has 2 N–H and O–H groups in total. The minimum absolute atomic E-state index is 0.131. The third kappa shape index (κ3) is 3.88. The molecule has 0 aromatic heterocycles. The normalized spacial score (nSPS) is 11.8. The molecule has 0 atom stereocenters. The molecule has 0 radical (unpaired) electrons. The first kappa shape index (κ1) is 17.6. The maximum atomic E-state index is 12.1. The van der Waals surface area contributed by atoms with E-state index in [2.05, 4.69) is 10.9 Å². The van der Waals surface area contributed by atoms with Crippen molar-refractivity contribution in [3.63, 3.8) is 0 Å². The summed E-state index contributed by atoms with van der Waals surface area (Å²) in [5, 5.41) is 0. The van der Waals surface area contributed by atoms with Gasteiger partial charge in [0.15, 0.2) is 18.1 Å². The van der Waals surface area contributed by atoms with Gasteiger partial charge in [0.1, 0.15) is 5.75 Å². The molecule has 0 saturated carbocycles. The summed E-state index contributed by atoms with van der Waals surface area (Å²) in [6, 6.07) is 8.76. The average molecular weight is 356 g/mol. The monoisotopic (exact) mass is 356 g/mol. The lowest BCUT2D eigenvalue weighted by molar-refractivity contribution is -0.123. The molecule has 0 saturated heterocycles. The van der Waals surface area contributed by atoms with Crippen molar-refractivity contribution in [1.82, 2.24) is 10.9 Å². The fraction of sp³-hybridized carbons (Fsp3) is 0.263. The lowest BCUT2D eigenvalue weighted by Crippen LogP contribution is -2.43. The molecule has 0 fully saturated rings. The molecule has 7 nitrogen and oxygen atoms in total. The lowest BCUT2D eigenvalue weighted by Gasteiger charge is -2.13. The first-order valence-electron chi connectivity index (χ1n) is 8.13. The smallest absolute Gasteiger partial charge is 0.276 e. The number of carbonyl (C=O) groups excluding carboxylic acids is 2. The lowest BCUT2D eigenvalue weighted by atomic mass is 10.1. The van der Waals surface area contributed by atoms with Gasteiger partial charge in [-0.3, -0.25) is 20.4 Å². The molecule has 2 aromatic rings. The van der Waals surface area contributed by atoms with Crippen LogP contribution in [-0.4, -0.2) is 25.2 Å². The van der Waals surface area contributed by atoms with Gasteiger partial charge in [-0.2, -0.15) is 0 Å². The van der Waals surface area contributed by atoms with E-state index in [9.17, 15) is 9.59 Å². The first-order chi connectivity index (χ1) is 12.4. The third-order valence-electron chi connectivity index (χ3n) is 3.90. The van der Waals surface area contributed by atoms with Gasteiger partial charge >= 0.3 is 0 Å². The summed E-state index contributed by atoms with van der Waals surface area (Å²) in [6.07, 6.45) is 0. The van der Waals surface area contributed by atoms with E-state index < -0.39 is 11.8 Å². The molecule has 0 unspecified atom stereocenters. The van der Waals surface area contributed by atoms with Gasteiger partial charge in [0.25, 0.3) is 11.8 Å². The highest BCUT2D eigenvalue weighted by Crippen LogP contribution is 2.32. The van der Waals surface area contributed by atoms with Gasteiger partial charge in [0.2, 0.25) is 6.79 Å². The molecule has 1 aliphatic heterocycles. The van der Waals surface area contributed by atoms with Crippen LogP contribution in [0, 0.1) is 20.8 Å². The van der Waals surface area contributed by atoms with Crippen LogP contribution in [0.2, 0.25) is 0 Å². The zero-order valence-corrected chi connectivity index (χ0v) is 14.8. The molecule has 3 rings (SSSR count). The van der Waals surface area contributed by atoms with Crippen LogP contribution in [0.5, 0.6) is 17.2 Å².